The number of hydrogen-bond donors (Lipinski definition) is 1. The van der Waals surface area contributed by atoms with Gasteiger partial charge in [-0.15, -0.1) is 0 Å². The van der Waals surface area contributed by atoms with Crippen LogP contribution in [0.3, 0.4) is 0 Å². The fraction of sp³-hybridized carbons (Fsp3) is 0.909. The summed E-state index contributed by atoms with van der Waals surface area (Å²) >= 11 is 0. The number of carboxylic acid groups (broad SMARTS) is 1. The molecule has 3 heteroatoms. The molecule has 0 saturated carbocycles. The van der Waals surface area contributed by atoms with Gasteiger partial charge in [0.15, 0.2) is 0 Å². The van der Waals surface area contributed by atoms with E-state index >= 15 is 0 Å². The van der Waals surface area contributed by atoms with Crippen LogP contribution < -0.4 is 0 Å². The van der Waals surface area contributed by atoms with Crippen LogP contribution in [0.1, 0.15) is 27.7 Å². The number of aliphatic carboxylic acids is 1. The Kier molecular flexibility index (Phi) is 3.53. The summed E-state index contributed by atoms with van der Waals surface area (Å²) in [4.78, 5) is 13.1. The van der Waals surface area contributed by atoms with Crippen LogP contribution in [-0.2, 0) is 4.79 Å². The minimum absolute atomic E-state index is 0.153. The first-order valence-corrected chi connectivity index (χ1v) is 5.40. The van der Waals surface area contributed by atoms with Crippen molar-refractivity contribution in [3.8, 4) is 0 Å². The van der Waals surface area contributed by atoms with Crippen LogP contribution in [0.4, 0.5) is 0 Å². The molecule has 14 heavy (non-hydrogen) atoms. The molecule has 3 nitrogen and oxygen atoms in total. The highest BCUT2D eigenvalue weighted by molar-refractivity contribution is 5.70. The maximum absolute atomic E-state index is 10.8. The van der Waals surface area contributed by atoms with Gasteiger partial charge in [-0.05, 0) is 18.8 Å². The molecule has 1 saturated heterocycles. The molecular weight excluding hydrogens is 178 g/mol. The lowest BCUT2D eigenvalue weighted by molar-refractivity contribution is -0.143. The fourth-order valence-electron chi connectivity index (χ4n) is 2.03. The van der Waals surface area contributed by atoms with Gasteiger partial charge in [0.05, 0.1) is 5.92 Å². The highest BCUT2D eigenvalue weighted by Gasteiger charge is 2.33. The van der Waals surface area contributed by atoms with Crippen LogP contribution in [0.2, 0.25) is 0 Å². The summed E-state index contributed by atoms with van der Waals surface area (Å²) in [6.45, 7) is 10.4. The third-order valence-corrected chi connectivity index (χ3v) is 3.71. The lowest BCUT2D eigenvalue weighted by atomic mass is 10.0. The second-order valence-corrected chi connectivity index (χ2v) is 4.78. The fourth-order valence-corrected chi connectivity index (χ4v) is 2.03. The number of likely N-dealkylation sites (tertiary alicyclic amines) is 1. The van der Waals surface area contributed by atoms with Gasteiger partial charge in [-0.25, -0.2) is 0 Å². The van der Waals surface area contributed by atoms with E-state index in [1.807, 2.05) is 6.92 Å². The maximum Gasteiger partial charge on any atom is 0.307 e. The zero-order chi connectivity index (χ0) is 10.9. The summed E-state index contributed by atoms with van der Waals surface area (Å²) in [6.07, 6.45) is 0. The molecule has 1 aliphatic heterocycles. The van der Waals surface area contributed by atoms with Crippen molar-refractivity contribution in [1.82, 2.24) is 4.90 Å². The molecule has 0 aliphatic carbocycles. The molecule has 1 aliphatic rings. The van der Waals surface area contributed by atoms with Crippen molar-refractivity contribution in [3.63, 3.8) is 0 Å². The third-order valence-electron chi connectivity index (χ3n) is 3.71. The van der Waals surface area contributed by atoms with E-state index in [1.54, 1.807) is 6.92 Å². The number of rotatable bonds is 3. The topological polar surface area (TPSA) is 40.5 Å². The average Bonchev–Trinajstić information content (AvgIpc) is 2.44. The first-order valence-electron chi connectivity index (χ1n) is 5.40. The van der Waals surface area contributed by atoms with E-state index in [2.05, 4.69) is 18.7 Å². The predicted octanol–water partition coefficient (Wildman–Crippen LogP) is 1.68. The van der Waals surface area contributed by atoms with Crippen molar-refractivity contribution >= 4 is 5.97 Å². The van der Waals surface area contributed by atoms with E-state index in [1.165, 1.54) is 0 Å². The predicted molar refractivity (Wildman–Crippen MR) is 56.2 cm³/mol. The van der Waals surface area contributed by atoms with E-state index in [9.17, 15) is 4.79 Å². The van der Waals surface area contributed by atoms with Gasteiger partial charge >= 0.3 is 5.97 Å². The van der Waals surface area contributed by atoms with Crippen LogP contribution >= 0.6 is 0 Å². The Morgan fingerprint density at radius 2 is 1.71 bits per heavy atom. The summed E-state index contributed by atoms with van der Waals surface area (Å²) in [5, 5.41) is 8.92. The molecule has 0 amide bonds. The Morgan fingerprint density at radius 1 is 1.29 bits per heavy atom. The first kappa shape index (κ1) is 11.5. The van der Waals surface area contributed by atoms with E-state index in [-0.39, 0.29) is 12.0 Å². The summed E-state index contributed by atoms with van der Waals surface area (Å²) in [5.41, 5.74) is 0. The van der Waals surface area contributed by atoms with Crippen LogP contribution in [-0.4, -0.2) is 35.1 Å². The van der Waals surface area contributed by atoms with Gasteiger partial charge < -0.3 is 5.11 Å². The minimum atomic E-state index is -0.690. The molecule has 1 N–H and O–H groups in total. The summed E-state index contributed by atoms with van der Waals surface area (Å²) < 4.78 is 0. The standard InChI is InChI=1S/C11H21NO2/c1-7-5-12(6-8(7)2)10(4)9(3)11(13)14/h7-10H,5-6H2,1-4H3,(H,13,14). The van der Waals surface area contributed by atoms with Gasteiger partial charge in [0.25, 0.3) is 0 Å². The van der Waals surface area contributed by atoms with Crippen molar-refractivity contribution in [1.29, 1.82) is 0 Å². The average molecular weight is 199 g/mol. The van der Waals surface area contributed by atoms with Crippen molar-refractivity contribution in [3.05, 3.63) is 0 Å². The largest absolute Gasteiger partial charge is 0.481 e. The van der Waals surface area contributed by atoms with Crippen LogP contribution in [0.5, 0.6) is 0 Å². The van der Waals surface area contributed by atoms with Crippen molar-refractivity contribution in [2.75, 3.05) is 13.1 Å². The monoisotopic (exact) mass is 199 g/mol. The normalized spacial score (nSPS) is 32.9. The van der Waals surface area contributed by atoms with Gasteiger partial charge in [0.2, 0.25) is 0 Å². The van der Waals surface area contributed by atoms with Gasteiger partial charge in [0, 0.05) is 19.1 Å². The molecule has 0 radical (unpaired) electrons. The van der Waals surface area contributed by atoms with Crippen LogP contribution in [0.25, 0.3) is 0 Å². The Labute approximate surface area is 86.1 Å². The smallest absolute Gasteiger partial charge is 0.307 e. The highest BCUT2D eigenvalue weighted by atomic mass is 16.4. The first-order chi connectivity index (χ1) is 6.43. The zero-order valence-electron chi connectivity index (χ0n) is 9.53. The maximum atomic E-state index is 10.8. The molecule has 0 bridgehead atoms. The van der Waals surface area contributed by atoms with Gasteiger partial charge in [0.1, 0.15) is 0 Å². The third kappa shape index (κ3) is 2.27. The van der Waals surface area contributed by atoms with E-state index in [0.29, 0.717) is 11.8 Å². The number of hydrogen-bond acceptors (Lipinski definition) is 2. The molecule has 4 atom stereocenters. The molecule has 0 aromatic heterocycles. The Bertz CT molecular complexity index is 207. The molecule has 82 valence electrons. The lowest BCUT2D eigenvalue weighted by Gasteiger charge is -2.27. The SMILES string of the molecule is CC1CN(C(C)C(C)C(=O)O)CC1C. The molecule has 1 rings (SSSR count). The van der Waals surface area contributed by atoms with Crippen LogP contribution in [0, 0.1) is 17.8 Å². The Hall–Kier alpha value is -0.570. The molecule has 4 unspecified atom stereocenters. The number of carboxylic acids is 1. The van der Waals surface area contributed by atoms with E-state index < -0.39 is 5.97 Å². The summed E-state index contributed by atoms with van der Waals surface area (Å²) in [5.74, 6) is 0.425. The number of nitrogens with zero attached hydrogens (tertiary/aromatic N) is 1. The zero-order valence-corrected chi connectivity index (χ0v) is 9.53. The summed E-state index contributed by atoms with van der Waals surface area (Å²) in [7, 11) is 0. The summed E-state index contributed by atoms with van der Waals surface area (Å²) in [6, 6.07) is 0.153. The highest BCUT2D eigenvalue weighted by Crippen LogP contribution is 2.26. The van der Waals surface area contributed by atoms with Crippen LogP contribution in [0.15, 0.2) is 0 Å². The molecule has 0 aromatic carbocycles. The van der Waals surface area contributed by atoms with Crippen molar-refractivity contribution < 1.29 is 9.90 Å². The Balaban J connectivity index is 2.54. The van der Waals surface area contributed by atoms with E-state index in [0.717, 1.165) is 13.1 Å². The molecular formula is C11H21NO2. The molecule has 0 spiro atoms. The Morgan fingerprint density at radius 3 is 2.07 bits per heavy atom. The lowest BCUT2D eigenvalue weighted by Crippen LogP contribution is -2.39. The van der Waals surface area contributed by atoms with Gasteiger partial charge in [-0.1, -0.05) is 20.8 Å². The van der Waals surface area contributed by atoms with Gasteiger partial charge in [-0.2, -0.15) is 0 Å². The van der Waals surface area contributed by atoms with E-state index in [4.69, 9.17) is 5.11 Å². The second kappa shape index (κ2) is 4.30. The van der Waals surface area contributed by atoms with Crippen molar-refractivity contribution in [2.45, 2.75) is 33.7 Å². The molecule has 1 fully saturated rings. The van der Waals surface area contributed by atoms with Crippen molar-refractivity contribution in [2.24, 2.45) is 17.8 Å². The minimum Gasteiger partial charge on any atom is -0.481 e. The molecule has 1 heterocycles. The number of carbonyl (C=O) groups is 1. The quantitative estimate of drug-likeness (QED) is 0.752. The van der Waals surface area contributed by atoms with Gasteiger partial charge in [-0.3, -0.25) is 9.69 Å². The molecule has 0 aromatic rings. The second-order valence-electron chi connectivity index (χ2n) is 4.78.